The van der Waals surface area contributed by atoms with Crippen LogP contribution >= 0.6 is 0 Å². The average molecular weight is 310 g/mol. The van der Waals surface area contributed by atoms with Gasteiger partial charge in [-0.15, -0.1) is 6.58 Å². The molecule has 1 aromatic carbocycles. The van der Waals surface area contributed by atoms with Crippen LogP contribution in [-0.2, 0) is 20.8 Å². The molecule has 0 aliphatic carbocycles. The van der Waals surface area contributed by atoms with E-state index in [4.69, 9.17) is 14.2 Å². The molecule has 0 radical (unpaired) electrons. The maximum absolute atomic E-state index is 10.3. The minimum atomic E-state index is -1.17. The summed E-state index contributed by atoms with van der Waals surface area (Å²) >= 11 is 0. The summed E-state index contributed by atoms with van der Waals surface area (Å²) in [6, 6.07) is 9.41. The van der Waals surface area contributed by atoms with Crippen molar-refractivity contribution in [2.75, 3.05) is 13.2 Å². The molecule has 1 aromatic rings. The molecule has 1 aliphatic heterocycles. The lowest BCUT2D eigenvalue weighted by Crippen LogP contribution is -2.60. The fourth-order valence-corrected chi connectivity index (χ4v) is 2.32. The summed E-state index contributed by atoms with van der Waals surface area (Å²) in [6.45, 7) is 3.54. The van der Waals surface area contributed by atoms with Crippen molar-refractivity contribution in [1.29, 1.82) is 0 Å². The number of ether oxygens (including phenoxy) is 3. The molecule has 1 fully saturated rings. The minimum Gasteiger partial charge on any atom is -0.394 e. The van der Waals surface area contributed by atoms with E-state index in [9.17, 15) is 15.3 Å². The van der Waals surface area contributed by atoms with E-state index in [0.717, 1.165) is 5.56 Å². The highest BCUT2D eigenvalue weighted by Crippen LogP contribution is 2.25. The van der Waals surface area contributed by atoms with Crippen molar-refractivity contribution in [3.8, 4) is 0 Å². The van der Waals surface area contributed by atoms with Gasteiger partial charge in [-0.05, 0) is 5.56 Å². The SMILES string of the molecule is C=CCO[C@@H]1O[C@H](CO)[C@@H](O)[C@H](OCc2ccccc2)[C@H]1O. The second-order valence-electron chi connectivity index (χ2n) is 5.09. The molecule has 2 rings (SSSR count). The molecule has 0 unspecified atom stereocenters. The van der Waals surface area contributed by atoms with E-state index in [1.165, 1.54) is 6.08 Å². The van der Waals surface area contributed by atoms with Crippen molar-refractivity contribution < 1.29 is 29.5 Å². The Labute approximate surface area is 129 Å². The predicted octanol–water partition coefficient (Wildman–Crippen LogP) is 0.213. The molecule has 1 saturated heterocycles. The topological polar surface area (TPSA) is 88.4 Å². The molecule has 3 N–H and O–H groups in total. The standard InChI is InChI=1S/C16H22O6/c1-2-8-20-16-14(19)15(13(18)12(9-17)22-16)21-10-11-6-4-3-5-7-11/h2-7,12-19H,1,8-10H2/t12-,13-,14-,15+,16-/m1/s1. The molecule has 122 valence electrons. The molecule has 0 amide bonds. The summed E-state index contributed by atoms with van der Waals surface area (Å²) in [7, 11) is 0. The monoisotopic (exact) mass is 310 g/mol. The van der Waals surface area contributed by atoms with E-state index in [1.54, 1.807) is 0 Å². The predicted molar refractivity (Wildman–Crippen MR) is 78.9 cm³/mol. The molecule has 6 nitrogen and oxygen atoms in total. The molecule has 22 heavy (non-hydrogen) atoms. The summed E-state index contributed by atoms with van der Waals surface area (Å²) in [4.78, 5) is 0. The first kappa shape index (κ1) is 17.1. The lowest BCUT2D eigenvalue weighted by atomic mass is 9.99. The maximum Gasteiger partial charge on any atom is 0.187 e. The van der Waals surface area contributed by atoms with Gasteiger partial charge >= 0.3 is 0 Å². The van der Waals surface area contributed by atoms with Crippen LogP contribution in [0.4, 0.5) is 0 Å². The number of hydrogen-bond donors (Lipinski definition) is 3. The van der Waals surface area contributed by atoms with Gasteiger partial charge in [0.05, 0.1) is 19.8 Å². The Morgan fingerprint density at radius 1 is 1.14 bits per heavy atom. The minimum absolute atomic E-state index is 0.182. The highest BCUT2D eigenvalue weighted by Gasteiger charge is 2.45. The van der Waals surface area contributed by atoms with Gasteiger partial charge in [0.2, 0.25) is 0 Å². The van der Waals surface area contributed by atoms with Crippen LogP contribution in [0.1, 0.15) is 5.56 Å². The zero-order chi connectivity index (χ0) is 15.9. The molecule has 0 bridgehead atoms. The van der Waals surface area contributed by atoms with Crippen LogP contribution in [0.5, 0.6) is 0 Å². The number of benzene rings is 1. The fourth-order valence-electron chi connectivity index (χ4n) is 2.32. The van der Waals surface area contributed by atoms with Gasteiger partial charge in [-0.1, -0.05) is 36.4 Å². The van der Waals surface area contributed by atoms with Crippen molar-refractivity contribution in [2.45, 2.75) is 37.3 Å². The number of rotatable bonds is 7. The third-order valence-electron chi connectivity index (χ3n) is 3.49. The number of aliphatic hydroxyl groups excluding tert-OH is 3. The van der Waals surface area contributed by atoms with Gasteiger partial charge in [0.25, 0.3) is 0 Å². The highest BCUT2D eigenvalue weighted by molar-refractivity contribution is 5.13. The molecule has 6 heteroatoms. The van der Waals surface area contributed by atoms with Gasteiger partial charge in [-0.2, -0.15) is 0 Å². The Morgan fingerprint density at radius 3 is 2.50 bits per heavy atom. The fraction of sp³-hybridized carbons (Fsp3) is 0.500. The Balaban J connectivity index is 2.02. The number of hydrogen-bond acceptors (Lipinski definition) is 6. The van der Waals surface area contributed by atoms with Crippen molar-refractivity contribution in [2.24, 2.45) is 0 Å². The van der Waals surface area contributed by atoms with Crippen LogP contribution in [0.25, 0.3) is 0 Å². The van der Waals surface area contributed by atoms with Crippen molar-refractivity contribution in [1.82, 2.24) is 0 Å². The second-order valence-corrected chi connectivity index (χ2v) is 5.09. The molecule has 5 atom stereocenters. The van der Waals surface area contributed by atoms with Crippen molar-refractivity contribution in [3.05, 3.63) is 48.6 Å². The van der Waals surface area contributed by atoms with Gasteiger partial charge in [0.1, 0.15) is 24.4 Å². The molecule has 0 spiro atoms. The third kappa shape index (κ3) is 4.13. The summed E-state index contributed by atoms with van der Waals surface area (Å²) in [5.41, 5.74) is 0.914. The quantitative estimate of drug-likeness (QED) is 0.624. The zero-order valence-electron chi connectivity index (χ0n) is 12.2. The summed E-state index contributed by atoms with van der Waals surface area (Å²) < 4.78 is 16.3. The van der Waals surface area contributed by atoms with Crippen LogP contribution in [-0.4, -0.2) is 59.2 Å². The molecule has 1 aliphatic rings. The lowest BCUT2D eigenvalue weighted by Gasteiger charge is -2.41. The van der Waals surface area contributed by atoms with Crippen LogP contribution < -0.4 is 0 Å². The Kier molecular flexibility index (Phi) is 6.50. The van der Waals surface area contributed by atoms with E-state index < -0.39 is 37.3 Å². The van der Waals surface area contributed by atoms with Gasteiger partial charge in [-0.25, -0.2) is 0 Å². The summed E-state index contributed by atoms with van der Waals surface area (Å²) in [6.07, 6.45) is -3.57. The van der Waals surface area contributed by atoms with Gasteiger partial charge in [0, 0.05) is 0 Å². The van der Waals surface area contributed by atoms with E-state index in [2.05, 4.69) is 6.58 Å². The van der Waals surface area contributed by atoms with Gasteiger partial charge in [0.15, 0.2) is 6.29 Å². The first-order valence-electron chi connectivity index (χ1n) is 7.18. The normalized spacial score (nSPS) is 31.9. The molecular weight excluding hydrogens is 288 g/mol. The van der Waals surface area contributed by atoms with E-state index in [0.29, 0.717) is 0 Å². The van der Waals surface area contributed by atoms with Crippen molar-refractivity contribution >= 4 is 0 Å². The van der Waals surface area contributed by atoms with Crippen LogP contribution in [0.3, 0.4) is 0 Å². The van der Waals surface area contributed by atoms with E-state index >= 15 is 0 Å². The smallest absolute Gasteiger partial charge is 0.187 e. The third-order valence-corrected chi connectivity index (χ3v) is 3.49. The maximum atomic E-state index is 10.3. The first-order chi connectivity index (χ1) is 10.7. The summed E-state index contributed by atoms with van der Waals surface area (Å²) in [5, 5.41) is 29.7. The number of aliphatic hydroxyl groups is 3. The molecule has 0 aromatic heterocycles. The van der Waals surface area contributed by atoms with E-state index in [-0.39, 0.29) is 13.2 Å². The van der Waals surface area contributed by atoms with Gasteiger partial charge in [-0.3, -0.25) is 0 Å². The zero-order valence-corrected chi connectivity index (χ0v) is 12.2. The molecule has 1 heterocycles. The largest absolute Gasteiger partial charge is 0.394 e. The van der Waals surface area contributed by atoms with Crippen LogP contribution in [0.15, 0.2) is 43.0 Å². The Hall–Kier alpha value is -1.28. The van der Waals surface area contributed by atoms with E-state index in [1.807, 2.05) is 30.3 Å². The lowest BCUT2D eigenvalue weighted by molar-refractivity contribution is -0.306. The Morgan fingerprint density at radius 2 is 1.86 bits per heavy atom. The van der Waals surface area contributed by atoms with Crippen LogP contribution in [0, 0.1) is 0 Å². The molecular formula is C16H22O6. The van der Waals surface area contributed by atoms with Crippen LogP contribution in [0.2, 0.25) is 0 Å². The first-order valence-corrected chi connectivity index (χ1v) is 7.18. The molecule has 0 saturated carbocycles. The summed E-state index contributed by atoms with van der Waals surface area (Å²) in [5.74, 6) is 0. The highest BCUT2D eigenvalue weighted by atomic mass is 16.7. The van der Waals surface area contributed by atoms with Gasteiger partial charge < -0.3 is 29.5 Å². The Bertz CT molecular complexity index is 451. The van der Waals surface area contributed by atoms with Crippen molar-refractivity contribution in [3.63, 3.8) is 0 Å². The average Bonchev–Trinajstić information content (AvgIpc) is 2.55. The second kappa shape index (κ2) is 8.38.